The zero-order valence-corrected chi connectivity index (χ0v) is 19.0. The smallest absolute Gasteiger partial charge is 0.416 e. The highest BCUT2D eigenvalue weighted by atomic mass is 19.4. The van der Waals surface area contributed by atoms with Crippen molar-refractivity contribution in [3.05, 3.63) is 77.6 Å². The molecule has 3 aromatic rings. The monoisotopic (exact) mass is 505 g/mol. The van der Waals surface area contributed by atoms with Crippen molar-refractivity contribution in [2.24, 2.45) is 0 Å². The van der Waals surface area contributed by atoms with Gasteiger partial charge in [0.2, 0.25) is 0 Å². The van der Waals surface area contributed by atoms with Gasteiger partial charge in [-0.25, -0.2) is 14.6 Å². The molecule has 3 N–H and O–H groups in total. The predicted molar refractivity (Wildman–Crippen MR) is 122 cm³/mol. The van der Waals surface area contributed by atoms with E-state index in [2.05, 4.69) is 15.6 Å². The highest BCUT2D eigenvalue weighted by molar-refractivity contribution is 5.91. The van der Waals surface area contributed by atoms with Crippen LogP contribution in [0.1, 0.15) is 21.6 Å². The number of benzene rings is 2. The summed E-state index contributed by atoms with van der Waals surface area (Å²) in [6.45, 7) is 0.376. The van der Waals surface area contributed by atoms with Crippen LogP contribution in [-0.4, -0.2) is 42.4 Å². The maximum atomic E-state index is 13.1. The van der Waals surface area contributed by atoms with Crippen LogP contribution in [0.15, 0.2) is 60.8 Å². The Balaban J connectivity index is 1.60. The highest BCUT2D eigenvalue weighted by Gasteiger charge is 2.31. The molecule has 1 heterocycles. The minimum absolute atomic E-state index is 0.0684. The highest BCUT2D eigenvalue weighted by Crippen LogP contribution is 2.35. The average Bonchev–Trinajstić information content (AvgIpc) is 2.84. The van der Waals surface area contributed by atoms with Gasteiger partial charge in [-0.2, -0.15) is 13.2 Å². The van der Waals surface area contributed by atoms with Crippen LogP contribution in [0.2, 0.25) is 0 Å². The number of pyridine rings is 1. The first-order valence-electron chi connectivity index (χ1n) is 10.5. The SMILES string of the molecule is COCCOc1ccc(C(F)(F)F)cc1NC(=O)NCc1ccc(Oc2ccnc(C(=O)O)c2)cc1. The van der Waals surface area contributed by atoms with Gasteiger partial charge in [0.15, 0.2) is 5.69 Å². The summed E-state index contributed by atoms with van der Waals surface area (Å²) in [4.78, 5) is 27.1. The number of amides is 2. The molecule has 0 saturated heterocycles. The number of aromatic nitrogens is 1. The topological polar surface area (TPSA) is 119 Å². The summed E-state index contributed by atoms with van der Waals surface area (Å²) in [5.41, 5.74) is -0.552. The molecular formula is C24H22F3N3O6. The molecular weight excluding hydrogens is 483 g/mol. The number of hydrogen-bond acceptors (Lipinski definition) is 6. The minimum atomic E-state index is -4.59. The lowest BCUT2D eigenvalue weighted by atomic mass is 10.1. The number of ether oxygens (including phenoxy) is 3. The summed E-state index contributed by atoms with van der Waals surface area (Å²) < 4.78 is 55.2. The minimum Gasteiger partial charge on any atom is -0.489 e. The van der Waals surface area contributed by atoms with E-state index in [4.69, 9.17) is 19.3 Å². The standard InChI is InChI=1S/C24H22F3N3O6/c1-34-10-11-35-21-7-4-16(24(25,26)27)12-19(21)30-23(33)29-14-15-2-5-17(6-3-15)36-18-8-9-28-20(13-18)22(31)32/h2-9,12-13H,10-11,14H2,1H3,(H,31,32)(H2,29,30,33). The number of nitrogens with zero attached hydrogens (tertiary/aromatic N) is 1. The quantitative estimate of drug-likeness (QED) is 0.334. The number of carboxylic acids is 1. The van der Waals surface area contributed by atoms with Crippen LogP contribution in [-0.2, 0) is 17.5 Å². The predicted octanol–water partition coefficient (Wildman–Crippen LogP) is 4.94. The molecule has 0 bridgehead atoms. The van der Waals surface area contributed by atoms with E-state index in [-0.39, 0.29) is 42.6 Å². The number of rotatable bonds is 10. The second-order valence-corrected chi connectivity index (χ2v) is 7.29. The first-order valence-corrected chi connectivity index (χ1v) is 10.5. The van der Waals surface area contributed by atoms with Crippen LogP contribution in [0.25, 0.3) is 0 Å². The summed E-state index contributed by atoms with van der Waals surface area (Å²) in [7, 11) is 1.45. The van der Waals surface area contributed by atoms with Crippen molar-refractivity contribution in [3.63, 3.8) is 0 Å². The Kier molecular flexibility index (Phi) is 8.68. The zero-order valence-electron chi connectivity index (χ0n) is 19.0. The van der Waals surface area contributed by atoms with Gasteiger partial charge in [-0.3, -0.25) is 0 Å². The molecule has 0 atom stereocenters. The summed E-state index contributed by atoms with van der Waals surface area (Å²) in [5, 5.41) is 13.9. The molecule has 190 valence electrons. The van der Waals surface area contributed by atoms with Crippen LogP contribution in [0.5, 0.6) is 17.2 Å². The van der Waals surface area contributed by atoms with E-state index in [9.17, 15) is 22.8 Å². The van der Waals surface area contributed by atoms with Crippen LogP contribution in [0.3, 0.4) is 0 Å². The number of carbonyl (C=O) groups excluding carboxylic acids is 1. The Morgan fingerprint density at radius 3 is 2.42 bits per heavy atom. The molecule has 3 rings (SSSR count). The number of carbonyl (C=O) groups is 2. The molecule has 0 radical (unpaired) electrons. The number of carboxylic acid groups (broad SMARTS) is 1. The molecule has 0 saturated carbocycles. The van der Waals surface area contributed by atoms with Crippen molar-refractivity contribution in [2.45, 2.75) is 12.7 Å². The summed E-state index contributed by atoms with van der Waals surface area (Å²) in [5.74, 6) is -0.400. The summed E-state index contributed by atoms with van der Waals surface area (Å²) in [6.07, 6.45) is -3.28. The van der Waals surface area contributed by atoms with Crippen LogP contribution >= 0.6 is 0 Å². The van der Waals surface area contributed by atoms with E-state index in [0.29, 0.717) is 11.3 Å². The Morgan fingerprint density at radius 2 is 1.75 bits per heavy atom. The molecule has 0 aliphatic heterocycles. The average molecular weight is 505 g/mol. The van der Waals surface area contributed by atoms with Gasteiger partial charge in [-0.15, -0.1) is 0 Å². The normalized spacial score (nSPS) is 11.0. The lowest BCUT2D eigenvalue weighted by molar-refractivity contribution is -0.137. The van der Waals surface area contributed by atoms with E-state index in [1.807, 2.05) is 0 Å². The number of methoxy groups -OCH3 is 1. The molecule has 2 amide bonds. The third kappa shape index (κ3) is 7.60. The van der Waals surface area contributed by atoms with Crippen LogP contribution in [0.4, 0.5) is 23.7 Å². The van der Waals surface area contributed by atoms with Crippen LogP contribution in [0, 0.1) is 0 Å². The number of hydrogen-bond donors (Lipinski definition) is 3. The lowest BCUT2D eigenvalue weighted by Crippen LogP contribution is -2.28. The molecule has 1 aromatic heterocycles. The molecule has 36 heavy (non-hydrogen) atoms. The second kappa shape index (κ2) is 11.9. The van der Waals surface area contributed by atoms with Crippen molar-refractivity contribution in [3.8, 4) is 17.2 Å². The number of nitrogens with one attached hydrogen (secondary N) is 2. The second-order valence-electron chi connectivity index (χ2n) is 7.29. The third-order valence-corrected chi connectivity index (χ3v) is 4.66. The molecule has 0 unspecified atom stereocenters. The first-order chi connectivity index (χ1) is 17.2. The zero-order chi connectivity index (χ0) is 26.1. The molecule has 0 aliphatic carbocycles. The Labute approximate surface area is 203 Å². The van der Waals surface area contributed by atoms with Gasteiger partial charge in [0.05, 0.1) is 17.9 Å². The van der Waals surface area contributed by atoms with E-state index < -0.39 is 23.7 Å². The molecule has 0 aliphatic rings. The fourth-order valence-electron chi connectivity index (χ4n) is 2.92. The number of alkyl halides is 3. The van der Waals surface area contributed by atoms with E-state index >= 15 is 0 Å². The maximum Gasteiger partial charge on any atom is 0.416 e. The van der Waals surface area contributed by atoms with Gasteiger partial charge >= 0.3 is 18.2 Å². The third-order valence-electron chi connectivity index (χ3n) is 4.66. The van der Waals surface area contributed by atoms with Crippen molar-refractivity contribution >= 4 is 17.7 Å². The van der Waals surface area contributed by atoms with Gasteiger partial charge in [0.1, 0.15) is 23.9 Å². The number of aromatic carboxylic acids is 1. The molecule has 0 fully saturated rings. The fourth-order valence-corrected chi connectivity index (χ4v) is 2.92. The molecule has 9 nitrogen and oxygen atoms in total. The van der Waals surface area contributed by atoms with E-state index in [1.165, 1.54) is 25.4 Å². The Morgan fingerprint density at radius 1 is 1.00 bits per heavy atom. The molecule has 0 spiro atoms. The van der Waals surface area contributed by atoms with Crippen molar-refractivity contribution in [1.82, 2.24) is 10.3 Å². The number of anilines is 1. The van der Waals surface area contributed by atoms with Gasteiger partial charge in [0.25, 0.3) is 0 Å². The van der Waals surface area contributed by atoms with Gasteiger partial charge in [0, 0.05) is 25.9 Å². The Hall–Kier alpha value is -4.32. The van der Waals surface area contributed by atoms with Crippen molar-refractivity contribution in [1.29, 1.82) is 0 Å². The number of urea groups is 1. The van der Waals surface area contributed by atoms with E-state index in [1.54, 1.807) is 24.3 Å². The van der Waals surface area contributed by atoms with Gasteiger partial charge in [-0.05, 0) is 42.0 Å². The van der Waals surface area contributed by atoms with Crippen LogP contribution < -0.4 is 20.1 Å². The number of halogens is 3. The first kappa shape index (κ1) is 26.3. The summed E-state index contributed by atoms with van der Waals surface area (Å²) >= 11 is 0. The van der Waals surface area contributed by atoms with Gasteiger partial charge in [-0.1, -0.05) is 12.1 Å². The van der Waals surface area contributed by atoms with Crippen molar-refractivity contribution in [2.75, 3.05) is 25.6 Å². The lowest BCUT2D eigenvalue weighted by Gasteiger charge is -2.16. The Bertz CT molecular complexity index is 1200. The largest absolute Gasteiger partial charge is 0.489 e. The molecule has 2 aromatic carbocycles. The molecule has 12 heteroatoms. The fraction of sp³-hybridized carbons (Fsp3) is 0.208. The maximum absolute atomic E-state index is 13.1. The van der Waals surface area contributed by atoms with Crippen molar-refractivity contribution < 1.29 is 42.1 Å². The summed E-state index contributed by atoms with van der Waals surface area (Å²) in [6, 6.07) is 11.4. The van der Waals surface area contributed by atoms with Gasteiger partial charge < -0.3 is 30.0 Å². The van der Waals surface area contributed by atoms with E-state index in [0.717, 1.165) is 18.2 Å².